The number of fused-ring (bicyclic) bond motifs is 1. The Hall–Kier alpha value is -2.54. The summed E-state index contributed by atoms with van der Waals surface area (Å²) in [5.74, 6) is 0.550. The molecule has 0 aliphatic carbocycles. The molecule has 0 aliphatic rings. The van der Waals surface area contributed by atoms with E-state index < -0.39 is 0 Å². The van der Waals surface area contributed by atoms with Crippen molar-refractivity contribution in [3.8, 4) is 11.4 Å². The van der Waals surface area contributed by atoms with E-state index in [0.717, 1.165) is 11.1 Å². The minimum Gasteiger partial charge on any atom is -0.291 e. The summed E-state index contributed by atoms with van der Waals surface area (Å²) in [7, 11) is 0. The van der Waals surface area contributed by atoms with Gasteiger partial charge in [0.05, 0.1) is 41.1 Å². The number of nitrogens with one attached hydrogen (secondary N) is 1. The molecule has 2 N–H and O–H groups in total. The van der Waals surface area contributed by atoms with Gasteiger partial charge in [0.2, 0.25) is 0 Å². The van der Waals surface area contributed by atoms with Crippen molar-refractivity contribution < 1.29 is 5.21 Å². The van der Waals surface area contributed by atoms with Gasteiger partial charge in [0, 0.05) is 12.4 Å². The average Bonchev–Trinajstić information content (AvgIpc) is 2.82. The molecule has 0 saturated carbocycles. The fourth-order valence-corrected chi connectivity index (χ4v) is 1.71. The number of nitrogens with zero attached hydrogens (tertiary/aromatic N) is 5. The zero-order valence-corrected chi connectivity index (χ0v) is 9.57. The van der Waals surface area contributed by atoms with Gasteiger partial charge in [0.25, 0.3) is 0 Å². The van der Waals surface area contributed by atoms with E-state index in [1.165, 1.54) is 6.20 Å². The van der Waals surface area contributed by atoms with Gasteiger partial charge in [-0.15, -0.1) is 0 Å². The van der Waals surface area contributed by atoms with Gasteiger partial charge in [-0.05, 0) is 6.92 Å². The van der Waals surface area contributed by atoms with Crippen molar-refractivity contribution in [2.45, 2.75) is 6.92 Å². The molecule has 3 aromatic rings. The number of aromatic nitrogens is 5. The van der Waals surface area contributed by atoms with E-state index in [9.17, 15) is 0 Å². The minimum absolute atomic E-state index is 0.480. The first-order valence-corrected chi connectivity index (χ1v) is 5.31. The van der Waals surface area contributed by atoms with Crippen LogP contribution in [0.4, 0.5) is 5.69 Å². The molecular weight excluding hydrogens is 232 g/mol. The molecule has 0 saturated heterocycles. The topological polar surface area (TPSA) is 88.2 Å². The molecule has 0 atom stereocenters. The highest BCUT2D eigenvalue weighted by Gasteiger charge is 2.10. The van der Waals surface area contributed by atoms with Crippen LogP contribution in [0.1, 0.15) is 5.69 Å². The van der Waals surface area contributed by atoms with E-state index in [2.05, 4.69) is 20.1 Å². The van der Waals surface area contributed by atoms with E-state index in [1.54, 1.807) is 36.2 Å². The first-order chi connectivity index (χ1) is 8.79. The van der Waals surface area contributed by atoms with Gasteiger partial charge >= 0.3 is 0 Å². The third-order valence-corrected chi connectivity index (χ3v) is 2.67. The first kappa shape index (κ1) is 10.6. The number of anilines is 1. The Morgan fingerprint density at radius 1 is 1.28 bits per heavy atom. The molecule has 18 heavy (non-hydrogen) atoms. The van der Waals surface area contributed by atoms with Crippen molar-refractivity contribution in [2.24, 2.45) is 0 Å². The standard InChI is InChI=1S/C11H10N6O/c1-7-9(16-18)5-13-11(15-7)8-4-14-17-3-2-12-6-10(8)17/h2-6,16,18H,1H3. The zero-order chi connectivity index (χ0) is 12.5. The lowest BCUT2D eigenvalue weighted by atomic mass is 10.2. The molecule has 0 bridgehead atoms. The highest BCUT2D eigenvalue weighted by Crippen LogP contribution is 2.22. The van der Waals surface area contributed by atoms with Crippen LogP contribution < -0.4 is 5.48 Å². The predicted octanol–water partition coefficient (Wildman–Crippen LogP) is 1.30. The molecule has 3 aromatic heterocycles. The largest absolute Gasteiger partial charge is 0.291 e. The molecular formula is C11H10N6O. The summed E-state index contributed by atoms with van der Waals surface area (Å²) in [5, 5.41) is 13.1. The average molecular weight is 242 g/mol. The molecule has 7 heteroatoms. The molecule has 90 valence electrons. The van der Waals surface area contributed by atoms with Crippen LogP contribution in [0.25, 0.3) is 16.9 Å². The molecule has 0 aliphatic heterocycles. The Labute approximate surface area is 102 Å². The Balaban J connectivity index is 2.17. The van der Waals surface area contributed by atoms with Crippen LogP contribution in [0, 0.1) is 6.92 Å². The Morgan fingerprint density at radius 2 is 2.17 bits per heavy atom. The van der Waals surface area contributed by atoms with Crippen LogP contribution in [0.15, 0.2) is 31.0 Å². The van der Waals surface area contributed by atoms with Crippen LogP contribution in [0.2, 0.25) is 0 Å². The maximum atomic E-state index is 8.86. The number of hydrogen-bond acceptors (Lipinski definition) is 6. The molecule has 0 unspecified atom stereocenters. The first-order valence-electron chi connectivity index (χ1n) is 5.31. The van der Waals surface area contributed by atoms with Crippen molar-refractivity contribution in [1.29, 1.82) is 0 Å². The summed E-state index contributed by atoms with van der Waals surface area (Å²) in [6.45, 7) is 1.79. The Morgan fingerprint density at radius 3 is 2.94 bits per heavy atom. The van der Waals surface area contributed by atoms with Gasteiger partial charge < -0.3 is 0 Å². The quantitative estimate of drug-likeness (QED) is 0.658. The Bertz CT molecular complexity index is 708. The highest BCUT2D eigenvalue weighted by molar-refractivity contribution is 5.75. The molecule has 0 aromatic carbocycles. The number of hydrogen-bond donors (Lipinski definition) is 2. The predicted molar refractivity (Wildman–Crippen MR) is 64.2 cm³/mol. The van der Waals surface area contributed by atoms with Crippen molar-refractivity contribution >= 4 is 11.2 Å². The minimum atomic E-state index is 0.480. The van der Waals surface area contributed by atoms with Crippen molar-refractivity contribution in [3.05, 3.63) is 36.7 Å². The van der Waals surface area contributed by atoms with E-state index in [0.29, 0.717) is 17.2 Å². The van der Waals surface area contributed by atoms with Gasteiger partial charge in [-0.1, -0.05) is 0 Å². The number of rotatable bonds is 2. The summed E-state index contributed by atoms with van der Waals surface area (Å²) < 4.78 is 1.71. The van der Waals surface area contributed by atoms with Crippen LogP contribution in [0.5, 0.6) is 0 Å². The van der Waals surface area contributed by atoms with Crippen LogP contribution in [-0.2, 0) is 0 Å². The molecule has 0 spiro atoms. The summed E-state index contributed by atoms with van der Waals surface area (Å²) in [5.41, 5.74) is 4.82. The van der Waals surface area contributed by atoms with Crippen LogP contribution in [0.3, 0.4) is 0 Å². The SMILES string of the molecule is Cc1nc(-c2cnn3ccncc23)ncc1NO. The molecule has 3 rings (SSSR count). The second-order valence-corrected chi connectivity index (χ2v) is 3.77. The van der Waals surface area contributed by atoms with E-state index in [4.69, 9.17) is 5.21 Å². The van der Waals surface area contributed by atoms with Crippen molar-refractivity contribution in [3.63, 3.8) is 0 Å². The smallest absolute Gasteiger partial charge is 0.163 e. The van der Waals surface area contributed by atoms with Gasteiger partial charge in [0.1, 0.15) is 0 Å². The third kappa shape index (κ3) is 1.57. The van der Waals surface area contributed by atoms with Crippen molar-refractivity contribution in [2.75, 3.05) is 5.48 Å². The lowest BCUT2D eigenvalue weighted by Crippen LogP contribution is -1.98. The summed E-state index contributed by atoms with van der Waals surface area (Å²) >= 11 is 0. The molecule has 0 fully saturated rings. The molecule has 7 nitrogen and oxygen atoms in total. The van der Waals surface area contributed by atoms with Crippen molar-refractivity contribution in [1.82, 2.24) is 24.6 Å². The lowest BCUT2D eigenvalue weighted by Gasteiger charge is -2.04. The maximum absolute atomic E-state index is 8.86. The van der Waals surface area contributed by atoms with Crippen LogP contribution in [-0.4, -0.2) is 29.8 Å². The summed E-state index contributed by atoms with van der Waals surface area (Å²) in [4.78, 5) is 12.6. The second-order valence-electron chi connectivity index (χ2n) is 3.77. The molecule has 0 radical (unpaired) electrons. The van der Waals surface area contributed by atoms with E-state index in [-0.39, 0.29) is 0 Å². The highest BCUT2D eigenvalue weighted by atomic mass is 16.5. The lowest BCUT2D eigenvalue weighted by molar-refractivity contribution is 0.387. The fourth-order valence-electron chi connectivity index (χ4n) is 1.71. The van der Waals surface area contributed by atoms with Crippen LogP contribution >= 0.6 is 0 Å². The maximum Gasteiger partial charge on any atom is 0.163 e. The molecule has 3 heterocycles. The van der Waals surface area contributed by atoms with E-state index in [1.807, 2.05) is 5.48 Å². The Kier molecular flexibility index (Phi) is 2.38. The van der Waals surface area contributed by atoms with Gasteiger partial charge in [-0.3, -0.25) is 15.7 Å². The number of aryl methyl sites for hydroxylation is 1. The normalized spacial score (nSPS) is 10.8. The third-order valence-electron chi connectivity index (χ3n) is 2.67. The summed E-state index contributed by atoms with van der Waals surface area (Å²) in [6.07, 6.45) is 8.35. The monoisotopic (exact) mass is 242 g/mol. The van der Waals surface area contributed by atoms with Gasteiger partial charge in [-0.2, -0.15) is 5.10 Å². The van der Waals surface area contributed by atoms with E-state index >= 15 is 0 Å². The molecule has 0 amide bonds. The zero-order valence-electron chi connectivity index (χ0n) is 9.57. The van der Waals surface area contributed by atoms with Gasteiger partial charge in [-0.25, -0.2) is 14.5 Å². The van der Waals surface area contributed by atoms with Gasteiger partial charge in [0.15, 0.2) is 5.82 Å². The summed E-state index contributed by atoms with van der Waals surface area (Å²) in [6, 6.07) is 0. The second kappa shape index (κ2) is 4.04. The fraction of sp³-hybridized carbons (Fsp3) is 0.0909.